The average molecular weight is 232 g/mol. The zero-order valence-electron chi connectivity index (χ0n) is 9.52. The number of hydrogen-bond donors (Lipinski definition) is 1. The third-order valence-corrected chi connectivity index (χ3v) is 2.45. The van der Waals surface area contributed by atoms with Crippen molar-refractivity contribution in [1.29, 1.82) is 0 Å². The van der Waals surface area contributed by atoms with Crippen molar-refractivity contribution >= 4 is 5.82 Å². The highest BCUT2D eigenvalue weighted by Gasteiger charge is 2.16. The smallest absolute Gasteiger partial charge is 0.251 e. The second kappa shape index (κ2) is 5.18. The van der Waals surface area contributed by atoms with Crippen molar-refractivity contribution in [2.75, 3.05) is 5.32 Å². The first kappa shape index (κ1) is 12.8. The van der Waals surface area contributed by atoms with Crippen LogP contribution in [-0.2, 0) is 0 Å². The second-order valence-corrected chi connectivity index (χ2v) is 3.99. The summed E-state index contributed by atoms with van der Waals surface area (Å²) in [6.45, 7) is 5.84. The van der Waals surface area contributed by atoms with Crippen LogP contribution in [0.25, 0.3) is 0 Å². The van der Waals surface area contributed by atoms with E-state index in [4.69, 9.17) is 0 Å². The standard InChI is InChI=1S/C11H15F3N2/c1-4-9(6(2)3)15-11-8(13)5-7(12)10(14)16-11/h5-6,9H,4H2,1-3H3,(H,15,16). The van der Waals surface area contributed by atoms with Gasteiger partial charge in [-0.15, -0.1) is 0 Å². The van der Waals surface area contributed by atoms with Crippen molar-refractivity contribution in [3.8, 4) is 0 Å². The van der Waals surface area contributed by atoms with Gasteiger partial charge in [0.05, 0.1) is 0 Å². The van der Waals surface area contributed by atoms with Crippen LogP contribution in [0, 0.1) is 23.5 Å². The summed E-state index contributed by atoms with van der Waals surface area (Å²) in [6.07, 6.45) is 0.748. The number of aromatic nitrogens is 1. The van der Waals surface area contributed by atoms with Gasteiger partial charge in [-0.1, -0.05) is 20.8 Å². The third kappa shape index (κ3) is 2.87. The van der Waals surface area contributed by atoms with Crippen LogP contribution in [0.1, 0.15) is 27.2 Å². The molecule has 0 aliphatic carbocycles. The normalized spacial score (nSPS) is 12.9. The van der Waals surface area contributed by atoms with Gasteiger partial charge in [0.1, 0.15) is 0 Å². The Morgan fingerprint density at radius 3 is 2.38 bits per heavy atom. The first-order valence-corrected chi connectivity index (χ1v) is 5.23. The number of anilines is 1. The van der Waals surface area contributed by atoms with Crippen molar-refractivity contribution < 1.29 is 13.2 Å². The van der Waals surface area contributed by atoms with Crippen molar-refractivity contribution in [3.05, 3.63) is 23.6 Å². The maximum Gasteiger partial charge on any atom is 0.251 e. The third-order valence-electron chi connectivity index (χ3n) is 2.45. The molecule has 0 radical (unpaired) electrons. The Hall–Kier alpha value is -1.26. The summed E-state index contributed by atoms with van der Waals surface area (Å²) in [6, 6.07) is 0.476. The number of nitrogens with one attached hydrogen (secondary N) is 1. The molecule has 0 amide bonds. The summed E-state index contributed by atoms with van der Waals surface area (Å²) in [5.41, 5.74) is 0. The largest absolute Gasteiger partial charge is 0.365 e. The molecule has 0 aliphatic heterocycles. The maximum atomic E-state index is 13.3. The SMILES string of the molecule is CCC(Nc1nc(F)c(F)cc1F)C(C)C. The molecule has 0 saturated heterocycles. The van der Waals surface area contributed by atoms with Gasteiger partial charge in [0.15, 0.2) is 17.5 Å². The minimum Gasteiger partial charge on any atom is -0.365 e. The molecular weight excluding hydrogens is 217 g/mol. The van der Waals surface area contributed by atoms with Crippen molar-refractivity contribution in [2.45, 2.75) is 33.2 Å². The lowest BCUT2D eigenvalue weighted by molar-refractivity contribution is 0.459. The molecule has 1 heterocycles. The van der Waals surface area contributed by atoms with E-state index in [1.807, 2.05) is 20.8 Å². The van der Waals surface area contributed by atoms with Crippen molar-refractivity contribution in [1.82, 2.24) is 4.98 Å². The van der Waals surface area contributed by atoms with Gasteiger partial charge < -0.3 is 5.32 Å². The number of rotatable bonds is 4. The Balaban J connectivity index is 2.92. The van der Waals surface area contributed by atoms with Crippen LogP contribution in [-0.4, -0.2) is 11.0 Å². The monoisotopic (exact) mass is 232 g/mol. The van der Waals surface area contributed by atoms with Gasteiger partial charge in [0.2, 0.25) is 0 Å². The second-order valence-electron chi connectivity index (χ2n) is 3.99. The maximum absolute atomic E-state index is 13.3. The summed E-state index contributed by atoms with van der Waals surface area (Å²) in [4.78, 5) is 3.21. The van der Waals surface area contributed by atoms with Gasteiger partial charge in [0.25, 0.3) is 5.95 Å². The van der Waals surface area contributed by atoms with Crippen LogP contribution >= 0.6 is 0 Å². The van der Waals surface area contributed by atoms with E-state index in [2.05, 4.69) is 10.3 Å². The zero-order chi connectivity index (χ0) is 12.3. The van der Waals surface area contributed by atoms with E-state index in [1.165, 1.54) is 0 Å². The van der Waals surface area contributed by atoms with E-state index in [1.54, 1.807) is 0 Å². The van der Waals surface area contributed by atoms with Gasteiger partial charge in [-0.05, 0) is 12.3 Å². The predicted molar refractivity (Wildman–Crippen MR) is 56.7 cm³/mol. The fourth-order valence-corrected chi connectivity index (χ4v) is 1.46. The van der Waals surface area contributed by atoms with Crippen LogP contribution in [0.2, 0.25) is 0 Å². The molecule has 0 aromatic carbocycles. The van der Waals surface area contributed by atoms with Crippen molar-refractivity contribution in [3.63, 3.8) is 0 Å². The Kier molecular flexibility index (Phi) is 4.15. The van der Waals surface area contributed by atoms with Crippen LogP contribution in [0.3, 0.4) is 0 Å². The first-order chi connectivity index (χ1) is 7.45. The molecule has 90 valence electrons. The topological polar surface area (TPSA) is 24.9 Å². The molecule has 0 fully saturated rings. The molecule has 1 N–H and O–H groups in total. The molecule has 1 unspecified atom stereocenters. The van der Waals surface area contributed by atoms with Crippen LogP contribution in [0.4, 0.5) is 19.0 Å². The van der Waals surface area contributed by atoms with E-state index >= 15 is 0 Å². The van der Waals surface area contributed by atoms with Crippen LogP contribution in [0.15, 0.2) is 6.07 Å². The molecule has 0 spiro atoms. The van der Waals surface area contributed by atoms with Crippen molar-refractivity contribution in [2.24, 2.45) is 5.92 Å². The summed E-state index contributed by atoms with van der Waals surface area (Å²) >= 11 is 0. The Morgan fingerprint density at radius 2 is 1.88 bits per heavy atom. The lowest BCUT2D eigenvalue weighted by Crippen LogP contribution is -2.26. The van der Waals surface area contributed by atoms with E-state index in [-0.39, 0.29) is 17.8 Å². The van der Waals surface area contributed by atoms with Crippen LogP contribution < -0.4 is 5.32 Å². The quantitative estimate of drug-likeness (QED) is 0.805. The highest BCUT2D eigenvalue weighted by molar-refractivity contribution is 5.37. The number of nitrogens with zero attached hydrogens (tertiary/aromatic N) is 1. The van der Waals surface area contributed by atoms with Gasteiger partial charge in [-0.25, -0.2) is 8.78 Å². The summed E-state index contributed by atoms with van der Waals surface area (Å²) in [7, 11) is 0. The lowest BCUT2D eigenvalue weighted by atomic mass is 10.0. The fourth-order valence-electron chi connectivity index (χ4n) is 1.46. The molecule has 2 nitrogen and oxygen atoms in total. The Bertz CT molecular complexity index is 366. The first-order valence-electron chi connectivity index (χ1n) is 5.23. The summed E-state index contributed by atoms with van der Waals surface area (Å²) in [5, 5.41) is 2.77. The van der Waals surface area contributed by atoms with E-state index in [0.29, 0.717) is 6.07 Å². The van der Waals surface area contributed by atoms with Gasteiger partial charge in [-0.2, -0.15) is 9.37 Å². The molecule has 1 atom stereocenters. The minimum atomic E-state index is -1.29. The zero-order valence-corrected chi connectivity index (χ0v) is 9.52. The van der Waals surface area contributed by atoms with Gasteiger partial charge in [0, 0.05) is 12.1 Å². The minimum absolute atomic E-state index is 0.0214. The summed E-state index contributed by atoms with van der Waals surface area (Å²) < 4.78 is 38.7. The molecule has 1 aromatic heterocycles. The molecule has 16 heavy (non-hydrogen) atoms. The molecule has 0 saturated carbocycles. The highest BCUT2D eigenvalue weighted by Crippen LogP contribution is 2.18. The Morgan fingerprint density at radius 1 is 1.25 bits per heavy atom. The number of pyridine rings is 1. The summed E-state index contributed by atoms with van der Waals surface area (Å²) in [5.74, 6) is -3.43. The predicted octanol–water partition coefficient (Wildman–Crippen LogP) is 3.35. The van der Waals surface area contributed by atoms with Gasteiger partial charge in [-0.3, -0.25) is 0 Å². The molecule has 1 rings (SSSR count). The fraction of sp³-hybridized carbons (Fsp3) is 0.545. The lowest BCUT2D eigenvalue weighted by Gasteiger charge is -2.21. The molecule has 0 bridgehead atoms. The van der Waals surface area contributed by atoms with E-state index in [9.17, 15) is 13.2 Å². The Labute approximate surface area is 92.9 Å². The number of halogens is 3. The molecular formula is C11H15F3N2. The highest BCUT2D eigenvalue weighted by atomic mass is 19.2. The molecule has 1 aromatic rings. The molecule has 0 aliphatic rings. The number of hydrogen-bond acceptors (Lipinski definition) is 2. The average Bonchev–Trinajstić information content (AvgIpc) is 2.21. The van der Waals surface area contributed by atoms with E-state index in [0.717, 1.165) is 6.42 Å². The van der Waals surface area contributed by atoms with Crippen LogP contribution in [0.5, 0.6) is 0 Å². The van der Waals surface area contributed by atoms with E-state index < -0.39 is 17.6 Å². The van der Waals surface area contributed by atoms with Gasteiger partial charge >= 0.3 is 0 Å². The molecule has 5 heteroatoms.